The molecule has 0 amide bonds. The molecule has 2 aromatic heterocycles. The number of Topliss-reactive ketones (excluding diaryl/α,β-unsaturated/α-hetero) is 1. The Morgan fingerprint density at radius 1 is 1.18 bits per heavy atom. The fourth-order valence-electron chi connectivity index (χ4n) is 3.31. The second kappa shape index (κ2) is 7.07. The second-order valence-electron chi connectivity index (χ2n) is 7.46. The lowest BCUT2D eigenvalue weighted by molar-refractivity contribution is 0.0559. The first-order valence-electron chi connectivity index (χ1n) is 9.30. The molecule has 0 fully saturated rings. The Morgan fingerprint density at radius 3 is 2.43 bits per heavy atom. The second-order valence-corrected chi connectivity index (χ2v) is 7.46. The summed E-state index contributed by atoms with van der Waals surface area (Å²) in [4.78, 5) is 24.9. The first-order chi connectivity index (χ1) is 13.1. The van der Waals surface area contributed by atoms with E-state index in [1.807, 2.05) is 6.92 Å². The molecule has 1 atom stereocenters. The van der Waals surface area contributed by atoms with Crippen molar-refractivity contribution in [2.24, 2.45) is 0 Å². The van der Waals surface area contributed by atoms with Gasteiger partial charge in [0.1, 0.15) is 28.3 Å². The summed E-state index contributed by atoms with van der Waals surface area (Å²) < 4.78 is 11.1. The molecule has 3 aromatic rings. The van der Waals surface area contributed by atoms with Crippen LogP contribution in [0.2, 0.25) is 0 Å². The van der Waals surface area contributed by atoms with E-state index in [1.54, 1.807) is 6.92 Å². The van der Waals surface area contributed by atoms with E-state index in [9.17, 15) is 24.9 Å². The first-order valence-corrected chi connectivity index (χ1v) is 9.30. The number of aliphatic hydroxyl groups is 2. The number of carbonyl (C=O) groups is 1. The van der Waals surface area contributed by atoms with E-state index >= 15 is 0 Å². The number of aliphatic hydroxyl groups excluding tert-OH is 1. The third-order valence-corrected chi connectivity index (χ3v) is 4.77. The van der Waals surface area contributed by atoms with Crippen molar-refractivity contribution >= 4 is 27.7 Å². The van der Waals surface area contributed by atoms with Gasteiger partial charge < -0.3 is 24.2 Å². The molecule has 28 heavy (non-hydrogen) atoms. The van der Waals surface area contributed by atoms with Gasteiger partial charge in [0.15, 0.2) is 11.4 Å². The predicted octanol–water partition coefficient (Wildman–Crippen LogP) is 3.90. The molecule has 2 heterocycles. The van der Waals surface area contributed by atoms with Gasteiger partial charge in [0.2, 0.25) is 0 Å². The van der Waals surface area contributed by atoms with E-state index in [1.165, 1.54) is 19.9 Å². The summed E-state index contributed by atoms with van der Waals surface area (Å²) in [6.45, 7) is 6.61. The number of fused-ring (bicyclic) bond motifs is 3. The van der Waals surface area contributed by atoms with E-state index in [4.69, 9.17) is 8.83 Å². The molecule has 0 aliphatic carbocycles. The molecular weight excluding hydrogens is 364 g/mol. The number of rotatable bonds is 6. The van der Waals surface area contributed by atoms with Crippen LogP contribution in [0.3, 0.4) is 0 Å². The Hall–Kier alpha value is -2.64. The minimum atomic E-state index is -1.34. The van der Waals surface area contributed by atoms with Crippen molar-refractivity contribution in [1.29, 1.82) is 0 Å². The van der Waals surface area contributed by atoms with Crippen LogP contribution in [0.5, 0.6) is 5.75 Å². The predicted molar refractivity (Wildman–Crippen MR) is 104 cm³/mol. The van der Waals surface area contributed by atoms with Crippen molar-refractivity contribution in [1.82, 2.24) is 0 Å². The van der Waals surface area contributed by atoms with Crippen molar-refractivity contribution in [3.05, 3.63) is 39.4 Å². The molecule has 0 radical (unpaired) electrons. The Labute approximate surface area is 161 Å². The van der Waals surface area contributed by atoms with Crippen LogP contribution in [0, 0.1) is 0 Å². The fraction of sp³-hybridized carbons (Fsp3) is 0.429. The van der Waals surface area contributed by atoms with Gasteiger partial charge in [-0.1, -0.05) is 13.8 Å². The number of phenols is 1. The topological polar surface area (TPSA) is 121 Å². The van der Waals surface area contributed by atoms with Crippen LogP contribution in [-0.2, 0) is 5.60 Å². The monoisotopic (exact) mass is 388 g/mol. The van der Waals surface area contributed by atoms with Crippen molar-refractivity contribution < 1.29 is 28.9 Å². The van der Waals surface area contributed by atoms with E-state index in [0.717, 1.165) is 6.07 Å². The Kier molecular flexibility index (Phi) is 5.08. The molecule has 1 aromatic carbocycles. The number of phenolic OH excluding ortho intramolecular Hbond substituents is 1. The number of hydrogen-bond acceptors (Lipinski definition) is 7. The smallest absolute Gasteiger partial charge is 0.336 e. The van der Waals surface area contributed by atoms with Gasteiger partial charge in [0.05, 0.1) is 16.9 Å². The van der Waals surface area contributed by atoms with Crippen molar-refractivity contribution in [2.75, 3.05) is 0 Å². The van der Waals surface area contributed by atoms with Gasteiger partial charge in [-0.25, -0.2) is 4.79 Å². The van der Waals surface area contributed by atoms with Gasteiger partial charge in [0.25, 0.3) is 0 Å². The zero-order chi connectivity index (χ0) is 20.8. The molecule has 0 saturated heterocycles. The van der Waals surface area contributed by atoms with Crippen LogP contribution in [0.25, 0.3) is 21.9 Å². The molecule has 3 rings (SSSR count). The summed E-state index contributed by atoms with van der Waals surface area (Å²) in [5.41, 5.74) is -1.92. The van der Waals surface area contributed by atoms with E-state index < -0.39 is 17.3 Å². The van der Waals surface area contributed by atoms with Crippen molar-refractivity contribution in [2.45, 2.75) is 58.7 Å². The van der Waals surface area contributed by atoms with Gasteiger partial charge in [0, 0.05) is 18.1 Å². The van der Waals surface area contributed by atoms with Crippen LogP contribution in [0.4, 0.5) is 0 Å². The highest BCUT2D eigenvalue weighted by Gasteiger charge is 2.30. The van der Waals surface area contributed by atoms with Gasteiger partial charge in [-0.2, -0.15) is 0 Å². The molecule has 0 bridgehead atoms. The molecular formula is C21H24O7. The van der Waals surface area contributed by atoms with Crippen LogP contribution in [-0.4, -0.2) is 21.1 Å². The summed E-state index contributed by atoms with van der Waals surface area (Å²) in [6, 6.07) is 2.62. The minimum Gasteiger partial charge on any atom is -0.506 e. The van der Waals surface area contributed by atoms with E-state index in [2.05, 4.69) is 0 Å². The lowest BCUT2D eigenvalue weighted by atomic mass is 9.95. The van der Waals surface area contributed by atoms with Crippen molar-refractivity contribution in [3.63, 3.8) is 0 Å². The minimum absolute atomic E-state index is 0.116. The Bertz CT molecular complexity index is 1110. The number of carbonyl (C=O) groups excluding carboxylic acids is 1. The Morgan fingerprint density at radius 2 is 1.86 bits per heavy atom. The van der Waals surface area contributed by atoms with Crippen LogP contribution in [0.1, 0.15) is 74.7 Å². The summed E-state index contributed by atoms with van der Waals surface area (Å²) in [7, 11) is 0. The zero-order valence-corrected chi connectivity index (χ0v) is 16.3. The molecule has 0 aliphatic heterocycles. The normalized spacial score (nSPS) is 13.4. The first kappa shape index (κ1) is 20.1. The average molecular weight is 388 g/mol. The average Bonchev–Trinajstić information content (AvgIpc) is 3.06. The Balaban J connectivity index is 2.58. The number of hydrogen-bond donors (Lipinski definition) is 3. The number of furan rings is 1. The standard InChI is InChI=1S/C21H24O7/c1-5-7-13(23)17-18(25)11-8-14(21(3,4)26)27-19(11)16-10(12(22)6-2)9-15(24)28-20(16)17/h8-9,12,22,25-26H,5-7H2,1-4H3. The number of benzene rings is 1. The van der Waals surface area contributed by atoms with Gasteiger partial charge in [-0.05, 0) is 32.8 Å². The van der Waals surface area contributed by atoms with Crippen LogP contribution in [0.15, 0.2) is 25.8 Å². The molecule has 0 aliphatic rings. The quantitative estimate of drug-likeness (QED) is 0.432. The third-order valence-electron chi connectivity index (χ3n) is 4.77. The highest BCUT2D eigenvalue weighted by molar-refractivity contribution is 6.18. The largest absolute Gasteiger partial charge is 0.506 e. The van der Waals surface area contributed by atoms with Crippen LogP contribution < -0.4 is 5.63 Å². The molecule has 0 spiro atoms. The maximum atomic E-state index is 12.7. The highest BCUT2D eigenvalue weighted by atomic mass is 16.4. The van der Waals surface area contributed by atoms with Gasteiger partial charge in [-0.3, -0.25) is 4.79 Å². The van der Waals surface area contributed by atoms with Crippen LogP contribution >= 0.6 is 0 Å². The maximum Gasteiger partial charge on any atom is 0.336 e. The molecule has 150 valence electrons. The lowest BCUT2D eigenvalue weighted by Gasteiger charge is -2.14. The molecule has 0 saturated carbocycles. The summed E-state index contributed by atoms with van der Waals surface area (Å²) in [5, 5.41) is 32.1. The zero-order valence-electron chi connectivity index (χ0n) is 16.3. The lowest BCUT2D eigenvalue weighted by Crippen LogP contribution is -2.13. The van der Waals surface area contributed by atoms with Gasteiger partial charge >= 0.3 is 5.63 Å². The third kappa shape index (κ3) is 3.21. The SMILES string of the molecule is CCCC(=O)c1c(O)c2cc(C(C)(C)O)oc2c2c(C(O)CC)cc(=O)oc12. The van der Waals surface area contributed by atoms with E-state index in [0.29, 0.717) is 12.8 Å². The van der Waals surface area contributed by atoms with Crippen molar-refractivity contribution in [3.8, 4) is 5.75 Å². The molecule has 3 N–H and O–H groups in total. The summed E-state index contributed by atoms with van der Waals surface area (Å²) >= 11 is 0. The highest BCUT2D eigenvalue weighted by Crippen LogP contribution is 2.43. The molecule has 1 unspecified atom stereocenters. The molecule has 7 heteroatoms. The number of aromatic hydroxyl groups is 1. The fourth-order valence-corrected chi connectivity index (χ4v) is 3.31. The van der Waals surface area contributed by atoms with E-state index in [-0.39, 0.29) is 56.8 Å². The summed E-state index contributed by atoms with van der Waals surface area (Å²) in [6.07, 6.45) is 0.0103. The number of ketones is 1. The maximum absolute atomic E-state index is 12.7. The summed E-state index contributed by atoms with van der Waals surface area (Å²) in [5.74, 6) is -0.585. The molecule has 7 nitrogen and oxygen atoms in total. The van der Waals surface area contributed by atoms with Gasteiger partial charge in [-0.15, -0.1) is 0 Å².